The van der Waals surface area contributed by atoms with Gasteiger partial charge in [-0.3, -0.25) is 4.79 Å². The lowest BCUT2D eigenvalue weighted by Crippen LogP contribution is -2.14. The Balaban J connectivity index is 1.61. The van der Waals surface area contributed by atoms with Crippen molar-refractivity contribution in [1.29, 1.82) is 5.26 Å². The second kappa shape index (κ2) is 13.2. The fourth-order valence-electron chi connectivity index (χ4n) is 4.11. The van der Waals surface area contributed by atoms with Crippen LogP contribution >= 0.6 is 27.5 Å². The first-order valence-electron chi connectivity index (χ1n) is 12.3. The standard InChI is InChI=1S/C31H26BrClN2O5/c1-4-39-29-14-19(12-22(17-34)31(36)35-26-16-27(37-2)25(33)15-28(26)38-3)13-24(32)30(29)40-18-21-10-7-9-20-8-5-6-11-23(20)21/h5-16H,4,18H2,1-3H3,(H,35,36)/b22-12+. The van der Waals surface area contributed by atoms with Crippen LogP contribution in [0.5, 0.6) is 23.0 Å². The summed E-state index contributed by atoms with van der Waals surface area (Å²) in [5.41, 5.74) is 1.78. The molecule has 40 heavy (non-hydrogen) atoms. The van der Waals surface area contributed by atoms with Crippen LogP contribution in [-0.4, -0.2) is 26.7 Å². The van der Waals surface area contributed by atoms with Gasteiger partial charge in [0.1, 0.15) is 29.7 Å². The molecule has 0 saturated carbocycles. The smallest absolute Gasteiger partial charge is 0.266 e. The van der Waals surface area contributed by atoms with Crippen molar-refractivity contribution in [2.75, 3.05) is 26.1 Å². The zero-order valence-electron chi connectivity index (χ0n) is 22.1. The molecule has 0 heterocycles. The number of carbonyl (C=O) groups is 1. The number of nitriles is 1. The summed E-state index contributed by atoms with van der Waals surface area (Å²) in [6.45, 7) is 2.59. The van der Waals surface area contributed by atoms with E-state index in [-0.39, 0.29) is 5.57 Å². The minimum absolute atomic E-state index is 0.130. The Bertz CT molecular complexity index is 1630. The molecule has 0 radical (unpaired) electrons. The zero-order chi connectivity index (χ0) is 28.6. The third-order valence-electron chi connectivity index (χ3n) is 5.98. The molecule has 9 heteroatoms. The second-order valence-corrected chi connectivity index (χ2v) is 9.76. The van der Waals surface area contributed by atoms with E-state index in [1.165, 1.54) is 32.4 Å². The molecular weight excluding hydrogens is 596 g/mol. The first kappa shape index (κ1) is 28.8. The summed E-state index contributed by atoms with van der Waals surface area (Å²) < 4.78 is 23.2. The minimum Gasteiger partial charge on any atom is -0.495 e. The molecule has 0 unspecified atom stereocenters. The number of carbonyl (C=O) groups excluding carboxylic acids is 1. The monoisotopic (exact) mass is 620 g/mol. The predicted octanol–water partition coefficient (Wildman–Crippen LogP) is 7.80. The Morgan fingerprint density at radius 2 is 1.75 bits per heavy atom. The van der Waals surface area contributed by atoms with Crippen LogP contribution < -0.4 is 24.3 Å². The van der Waals surface area contributed by atoms with E-state index in [9.17, 15) is 10.1 Å². The van der Waals surface area contributed by atoms with Crippen LogP contribution in [0.2, 0.25) is 5.02 Å². The summed E-state index contributed by atoms with van der Waals surface area (Å²) >= 11 is 9.73. The Labute approximate surface area is 246 Å². The highest BCUT2D eigenvalue weighted by molar-refractivity contribution is 9.10. The Kier molecular flexibility index (Phi) is 9.54. The van der Waals surface area contributed by atoms with Gasteiger partial charge in [0, 0.05) is 12.1 Å². The molecule has 0 aromatic heterocycles. The number of nitrogens with zero attached hydrogens (tertiary/aromatic N) is 1. The molecule has 0 bridgehead atoms. The van der Waals surface area contributed by atoms with Crippen LogP contribution in [0.3, 0.4) is 0 Å². The number of nitrogens with one attached hydrogen (secondary N) is 1. The van der Waals surface area contributed by atoms with Crippen molar-refractivity contribution in [3.63, 3.8) is 0 Å². The van der Waals surface area contributed by atoms with Crippen molar-refractivity contribution in [2.45, 2.75) is 13.5 Å². The van der Waals surface area contributed by atoms with Gasteiger partial charge in [0.15, 0.2) is 11.5 Å². The molecule has 0 saturated heterocycles. The predicted molar refractivity (Wildman–Crippen MR) is 160 cm³/mol. The van der Waals surface area contributed by atoms with E-state index in [2.05, 4.69) is 39.4 Å². The van der Waals surface area contributed by atoms with Crippen LogP contribution in [0.25, 0.3) is 16.8 Å². The van der Waals surface area contributed by atoms with Crippen molar-refractivity contribution in [1.82, 2.24) is 0 Å². The van der Waals surface area contributed by atoms with Gasteiger partial charge in [-0.05, 0) is 63.0 Å². The Hall–Kier alpha value is -4.19. The number of benzene rings is 4. The second-order valence-electron chi connectivity index (χ2n) is 8.50. The van der Waals surface area contributed by atoms with Crippen LogP contribution in [0.15, 0.2) is 76.8 Å². The van der Waals surface area contributed by atoms with Crippen LogP contribution in [-0.2, 0) is 11.4 Å². The first-order chi connectivity index (χ1) is 19.4. The molecule has 4 aromatic carbocycles. The summed E-state index contributed by atoms with van der Waals surface area (Å²) in [6.07, 6.45) is 1.47. The molecule has 4 aromatic rings. The van der Waals surface area contributed by atoms with Gasteiger partial charge in [-0.1, -0.05) is 54.1 Å². The van der Waals surface area contributed by atoms with Gasteiger partial charge in [-0.2, -0.15) is 5.26 Å². The fraction of sp³-hybridized carbons (Fsp3) is 0.161. The lowest BCUT2D eigenvalue weighted by molar-refractivity contribution is -0.112. The maximum atomic E-state index is 13.0. The number of anilines is 1. The molecule has 0 aliphatic heterocycles. The van der Waals surface area contributed by atoms with Gasteiger partial charge in [-0.25, -0.2) is 0 Å². The van der Waals surface area contributed by atoms with Crippen molar-refractivity contribution in [3.05, 3.63) is 92.9 Å². The summed E-state index contributed by atoms with van der Waals surface area (Å²) in [7, 11) is 2.91. The normalized spacial score (nSPS) is 11.1. The molecule has 0 aliphatic carbocycles. The number of methoxy groups -OCH3 is 2. The van der Waals surface area contributed by atoms with Crippen molar-refractivity contribution in [2.24, 2.45) is 0 Å². The summed E-state index contributed by atoms with van der Waals surface area (Å²) in [5, 5.41) is 15.0. The molecule has 0 atom stereocenters. The average Bonchev–Trinajstić information content (AvgIpc) is 2.96. The van der Waals surface area contributed by atoms with Gasteiger partial charge in [-0.15, -0.1) is 0 Å². The number of halogens is 2. The van der Waals surface area contributed by atoms with Gasteiger partial charge in [0.2, 0.25) is 0 Å². The summed E-state index contributed by atoms with van der Waals surface area (Å²) in [6, 6.07) is 22.7. The summed E-state index contributed by atoms with van der Waals surface area (Å²) in [4.78, 5) is 13.0. The number of hydrogen-bond donors (Lipinski definition) is 1. The Morgan fingerprint density at radius 3 is 2.48 bits per heavy atom. The summed E-state index contributed by atoms with van der Waals surface area (Å²) in [5.74, 6) is 1.05. The number of rotatable bonds is 10. The highest BCUT2D eigenvalue weighted by Gasteiger charge is 2.18. The zero-order valence-corrected chi connectivity index (χ0v) is 24.4. The third-order valence-corrected chi connectivity index (χ3v) is 6.87. The van der Waals surface area contributed by atoms with Gasteiger partial charge < -0.3 is 24.3 Å². The molecule has 1 N–H and O–H groups in total. The maximum Gasteiger partial charge on any atom is 0.266 e. The quantitative estimate of drug-likeness (QED) is 0.144. The van der Waals surface area contributed by atoms with Gasteiger partial charge in [0.25, 0.3) is 5.91 Å². The molecule has 0 fully saturated rings. The third kappa shape index (κ3) is 6.50. The first-order valence-corrected chi connectivity index (χ1v) is 13.5. The fourth-order valence-corrected chi connectivity index (χ4v) is 4.91. The van der Waals surface area contributed by atoms with E-state index in [0.29, 0.717) is 57.0 Å². The van der Waals surface area contributed by atoms with Crippen LogP contribution in [0.1, 0.15) is 18.1 Å². The number of hydrogen-bond acceptors (Lipinski definition) is 6. The van der Waals surface area contributed by atoms with E-state index in [1.807, 2.05) is 37.3 Å². The molecule has 7 nitrogen and oxygen atoms in total. The molecule has 204 valence electrons. The lowest BCUT2D eigenvalue weighted by Gasteiger charge is -2.16. The van der Waals surface area contributed by atoms with E-state index in [4.69, 9.17) is 30.5 Å². The number of amides is 1. The maximum absolute atomic E-state index is 13.0. The van der Waals surface area contributed by atoms with E-state index >= 15 is 0 Å². The molecule has 1 amide bonds. The highest BCUT2D eigenvalue weighted by Crippen LogP contribution is 2.39. The highest BCUT2D eigenvalue weighted by atomic mass is 79.9. The molecule has 0 aliphatic rings. The van der Waals surface area contributed by atoms with E-state index in [0.717, 1.165) is 16.3 Å². The number of fused-ring (bicyclic) bond motifs is 1. The minimum atomic E-state index is -0.629. The average molecular weight is 622 g/mol. The van der Waals surface area contributed by atoms with Crippen LogP contribution in [0.4, 0.5) is 5.69 Å². The van der Waals surface area contributed by atoms with Gasteiger partial charge in [0.05, 0.1) is 36.0 Å². The molecular formula is C31H26BrClN2O5. The van der Waals surface area contributed by atoms with Crippen molar-refractivity contribution < 1.29 is 23.7 Å². The molecule has 0 spiro atoms. The SMILES string of the molecule is CCOc1cc(/C=C(\C#N)C(=O)Nc2cc(OC)c(Cl)cc2OC)cc(Br)c1OCc1cccc2ccccc12. The Morgan fingerprint density at radius 1 is 1.00 bits per heavy atom. The van der Waals surface area contributed by atoms with Crippen molar-refractivity contribution in [3.8, 4) is 29.1 Å². The number of ether oxygens (including phenoxy) is 4. The van der Waals surface area contributed by atoms with Crippen LogP contribution in [0, 0.1) is 11.3 Å². The van der Waals surface area contributed by atoms with E-state index in [1.54, 1.807) is 12.1 Å². The van der Waals surface area contributed by atoms with E-state index < -0.39 is 5.91 Å². The topological polar surface area (TPSA) is 89.8 Å². The largest absolute Gasteiger partial charge is 0.495 e. The lowest BCUT2D eigenvalue weighted by atomic mass is 10.1. The van der Waals surface area contributed by atoms with Gasteiger partial charge >= 0.3 is 0 Å². The van der Waals surface area contributed by atoms with Crippen molar-refractivity contribution >= 4 is 56.0 Å². The molecule has 4 rings (SSSR count).